The molecule has 2 saturated carbocycles. The van der Waals surface area contributed by atoms with E-state index >= 15 is 0 Å². The molecule has 3 unspecified atom stereocenters. The van der Waals surface area contributed by atoms with Crippen molar-refractivity contribution in [3.63, 3.8) is 0 Å². The van der Waals surface area contributed by atoms with Gasteiger partial charge in [-0.25, -0.2) is 0 Å². The van der Waals surface area contributed by atoms with Crippen LogP contribution < -0.4 is 10.6 Å². The summed E-state index contributed by atoms with van der Waals surface area (Å²) in [5.41, 5.74) is 0. The van der Waals surface area contributed by atoms with Crippen LogP contribution in [0.4, 0.5) is 0 Å². The molecule has 30 heavy (non-hydrogen) atoms. The molecule has 2 bridgehead atoms. The van der Waals surface area contributed by atoms with Gasteiger partial charge in [0.25, 0.3) is 0 Å². The monoisotopic (exact) mass is 529 g/mol. The van der Waals surface area contributed by atoms with Gasteiger partial charge in [0.15, 0.2) is 5.96 Å². The number of hydrogen-bond acceptors (Lipinski definition) is 4. The second-order valence-corrected chi connectivity index (χ2v) is 8.71. The first-order chi connectivity index (χ1) is 14.2. The molecule has 1 saturated heterocycles. The van der Waals surface area contributed by atoms with E-state index in [0.29, 0.717) is 18.4 Å². The second kappa shape index (κ2) is 11.3. The van der Waals surface area contributed by atoms with Crippen molar-refractivity contribution in [2.24, 2.45) is 16.8 Å². The number of likely N-dealkylation sites (tertiary alicyclic amines) is 1. The first-order valence-corrected chi connectivity index (χ1v) is 11.4. The number of hydrogen-bond donors (Lipinski definition) is 2. The molecule has 0 radical (unpaired) electrons. The van der Waals surface area contributed by atoms with Crippen molar-refractivity contribution in [2.45, 2.75) is 70.9 Å². The summed E-state index contributed by atoms with van der Waals surface area (Å²) in [5.74, 6) is 3.94. The van der Waals surface area contributed by atoms with Gasteiger partial charge in [-0.2, -0.15) is 0 Å². The van der Waals surface area contributed by atoms with Gasteiger partial charge < -0.3 is 20.1 Å². The summed E-state index contributed by atoms with van der Waals surface area (Å²) in [6, 6.07) is 0.557. The number of fused-ring (bicyclic) bond motifs is 2. The van der Waals surface area contributed by atoms with Gasteiger partial charge in [-0.15, -0.1) is 34.2 Å². The molecule has 3 atom stereocenters. The van der Waals surface area contributed by atoms with Crippen LogP contribution >= 0.6 is 24.0 Å². The Morgan fingerprint density at radius 3 is 2.90 bits per heavy atom. The lowest BCUT2D eigenvalue weighted by Gasteiger charge is -2.25. The van der Waals surface area contributed by atoms with Crippen molar-refractivity contribution in [3.05, 3.63) is 12.2 Å². The molecule has 168 valence electrons. The summed E-state index contributed by atoms with van der Waals surface area (Å²) in [5, 5.41) is 15.4. The summed E-state index contributed by atoms with van der Waals surface area (Å²) >= 11 is 0. The molecule has 1 aliphatic heterocycles. The topological polar surface area (TPSA) is 87.4 Å². The number of nitrogens with one attached hydrogen (secondary N) is 2. The fraction of sp³-hybridized carbons (Fsp3) is 0.810. The third-order valence-corrected chi connectivity index (χ3v) is 6.74. The maximum absolute atomic E-state index is 11.8. The highest BCUT2D eigenvalue weighted by molar-refractivity contribution is 14.0. The normalized spacial score (nSPS) is 25.6. The third kappa shape index (κ3) is 5.85. The molecule has 3 aliphatic rings. The highest BCUT2D eigenvalue weighted by Gasteiger charge is 2.39. The summed E-state index contributed by atoms with van der Waals surface area (Å²) in [6.45, 7) is 6.20. The Morgan fingerprint density at radius 1 is 1.30 bits per heavy atom. The molecule has 1 amide bonds. The predicted octanol–water partition coefficient (Wildman–Crippen LogP) is 2.19. The Labute approximate surface area is 196 Å². The average Bonchev–Trinajstić information content (AvgIpc) is 3.50. The summed E-state index contributed by atoms with van der Waals surface area (Å²) < 4.78 is 2.10. The lowest BCUT2D eigenvalue weighted by atomic mass is 9.95. The van der Waals surface area contributed by atoms with Crippen LogP contribution in [-0.2, 0) is 17.8 Å². The molecular formula is C21H36IN7O. The number of aromatic nitrogens is 3. The number of carbonyl (C=O) groups excluding carboxylic acids is 1. The minimum Gasteiger partial charge on any atom is -0.355 e. The Bertz CT molecular complexity index is 722. The van der Waals surface area contributed by atoms with Gasteiger partial charge in [-0.3, -0.25) is 9.79 Å². The minimum absolute atomic E-state index is 0. The van der Waals surface area contributed by atoms with E-state index in [1.807, 2.05) is 4.90 Å². The van der Waals surface area contributed by atoms with Crippen molar-refractivity contribution in [3.8, 4) is 0 Å². The number of guanidine groups is 1. The Kier molecular flexibility index (Phi) is 8.76. The molecule has 2 heterocycles. The highest BCUT2D eigenvalue weighted by atomic mass is 127. The van der Waals surface area contributed by atoms with Gasteiger partial charge in [0, 0.05) is 51.6 Å². The molecular weight excluding hydrogens is 493 g/mol. The van der Waals surface area contributed by atoms with Crippen molar-refractivity contribution in [1.29, 1.82) is 0 Å². The molecule has 8 nitrogen and oxygen atoms in total. The second-order valence-electron chi connectivity index (χ2n) is 8.71. The maximum Gasteiger partial charge on any atom is 0.222 e. The number of nitrogens with zero attached hydrogens (tertiary/aromatic N) is 5. The third-order valence-electron chi connectivity index (χ3n) is 6.74. The largest absolute Gasteiger partial charge is 0.355 e. The van der Waals surface area contributed by atoms with Gasteiger partial charge in [0.2, 0.25) is 5.91 Å². The lowest BCUT2D eigenvalue weighted by Crippen LogP contribution is -2.46. The summed E-state index contributed by atoms with van der Waals surface area (Å²) in [7, 11) is 0. The van der Waals surface area contributed by atoms with E-state index in [0.717, 1.165) is 75.6 Å². The molecule has 2 aliphatic carbocycles. The zero-order valence-corrected chi connectivity index (χ0v) is 20.4. The average molecular weight is 529 g/mol. The Morgan fingerprint density at radius 2 is 2.20 bits per heavy atom. The van der Waals surface area contributed by atoms with Crippen LogP contribution in [0.25, 0.3) is 0 Å². The number of amides is 1. The van der Waals surface area contributed by atoms with Crippen LogP contribution in [-0.4, -0.2) is 63.8 Å². The molecule has 1 aromatic rings. The number of carbonyl (C=O) groups is 1. The van der Waals surface area contributed by atoms with Crippen LogP contribution in [0.2, 0.25) is 0 Å². The highest BCUT2D eigenvalue weighted by Crippen LogP contribution is 2.44. The first kappa shape index (κ1) is 23.3. The molecule has 3 fully saturated rings. The van der Waals surface area contributed by atoms with E-state index in [2.05, 4.69) is 32.3 Å². The Hall–Kier alpha value is -1.39. The number of aryl methyl sites for hydroxylation is 1. The molecule has 2 N–H and O–H groups in total. The van der Waals surface area contributed by atoms with E-state index in [1.54, 1.807) is 6.33 Å². The van der Waals surface area contributed by atoms with E-state index in [-0.39, 0.29) is 24.0 Å². The number of aliphatic imine (C=N–C) groups is 1. The van der Waals surface area contributed by atoms with Crippen LogP contribution in [0.1, 0.15) is 57.7 Å². The van der Waals surface area contributed by atoms with Crippen molar-refractivity contribution in [1.82, 2.24) is 30.3 Å². The van der Waals surface area contributed by atoms with Gasteiger partial charge in [0.1, 0.15) is 12.2 Å². The quantitative estimate of drug-likeness (QED) is 0.222. The zero-order chi connectivity index (χ0) is 20.1. The van der Waals surface area contributed by atoms with Crippen molar-refractivity contribution < 1.29 is 4.79 Å². The number of rotatable bonds is 9. The summed E-state index contributed by atoms with van der Waals surface area (Å²) in [4.78, 5) is 18.6. The molecule has 0 aromatic carbocycles. The van der Waals surface area contributed by atoms with Gasteiger partial charge in [0.05, 0.1) is 0 Å². The van der Waals surface area contributed by atoms with Crippen molar-refractivity contribution >= 4 is 35.8 Å². The fourth-order valence-corrected chi connectivity index (χ4v) is 5.18. The maximum atomic E-state index is 11.8. The van der Waals surface area contributed by atoms with Gasteiger partial charge >= 0.3 is 0 Å². The van der Waals surface area contributed by atoms with Crippen molar-refractivity contribution in [2.75, 3.05) is 26.2 Å². The minimum atomic E-state index is 0. The van der Waals surface area contributed by atoms with Crippen LogP contribution in [0.15, 0.2) is 11.3 Å². The lowest BCUT2D eigenvalue weighted by molar-refractivity contribution is -0.127. The standard InChI is InChI=1S/C21H35N7O.HI/c1-2-19-26-24-15-28(19)12-9-23-21(25-18-14-16-6-7-17(18)13-16)22-8-4-11-27-10-3-5-20(27)29;/h15-18H,2-14H2,1H3,(H2,22,23,25);1H. The summed E-state index contributed by atoms with van der Waals surface area (Å²) in [6.07, 6.45) is 10.7. The zero-order valence-electron chi connectivity index (χ0n) is 18.1. The SMILES string of the molecule is CCc1nncn1CCNC(=NCCCN1CCCC1=O)NC1CC2CCC1C2.I. The van der Waals surface area contributed by atoms with Crippen LogP contribution in [0.3, 0.4) is 0 Å². The number of halogens is 1. The van der Waals surface area contributed by atoms with E-state index < -0.39 is 0 Å². The van der Waals surface area contributed by atoms with Crippen LogP contribution in [0.5, 0.6) is 0 Å². The molecule has 4 rings (SSSR count). The predicted molar refractivity (Wildman–Crippen MR) is 128 cm³/mol. The first-order valence-electron chi connectivity index (χ1n) is 11.4. The molecule has 9 heteroatoms. The van der Waals surface area contributed by atoms with E-state index in [1.165, 1.54) is 25.7 Å². The van der Waals surface area contributed by atoms with Gasteiger partial charge in [-0.1, -0.05) is 13.3 Å². The smallest absolute Gasteiger partial charge is 0.222 e. The Balaban J connectivity index is 0.00000256. The van der Waals surface area contributed by atoms with E-state index in [4.69, 9.17) is 4.99 Å². The van der Waals surface area contributed by atoms with Crippen LogP contribution in [0, 0.1) is 11.8 Å². The molecule has 1 aromatic heterocycles. The fourth-order valence-electron chi connectivity index (χ4n) is 5.18. The van der Waals surface area contributed by atoms with E-state index in [9.17, 15) is 4.79 Å². The molecule has 0 spiro atoms. The van der Waals surface area contributed by atoms with Gasteiger partial charge in [-0.05, 0) is 43.9 Å².